The second-order valence-corrected chi connectivity index (χ2v) is 6.44. The van der Waals surface area contributed by atoms with Gasteiger partial charge in [-0.05, 0) is 36.8 Å². The molecule has 3 aliphatic rings. The number of rotatable bonds is 4. The second kappa shape index (κ2) is 4.10. The number of ether oxygens (including phenoxy) is 1. The smallest absolute Gasteiger partial charge is 0.258 e. The number of benzene rings is 1. The van der Waals surface area contributed by atoms with Crippen LogP contribution in [-0.4, -0.2) is 18.1 Å². The van der Waals surface area contributed by atoms with Crippen molar-refractivity contribution in [2.75, 3.05) is 6.61 Å². The molecule has 0 spiro atoms. The highest BCUT2D eigenvalue weighted by atomic mass is 35.5. The molecule has 102 valence electrons. The zero-order valence-corrected chi connectivity index (χ0v) is 11.4. The summed E-state index contributed by atoms with van der Waals surface area (Å²) < 4.78 is 18.4. The van der Waals surface area contributed by atoms with Crippen LogP contribution in [0, 0.1) is 11.2 Å². The molecule has 1 aromatic rings. The maximum atomic E-state index is 13.2. The fraction of sp³-hybridized carbons (Fsp3) is 0.500. The number of hydrogen-bond acceptors (Lipinski definition) is 2. The van der Waals surface area contributed by atoms with Crippen molar-refractivity contribution in [2.24, 2.45) is 5.41 Å². The van der Waals surface area contributed by atoms with Crippen molar-refractivity contribution < 1.29 is 13.9 Å². The lowest BCUT2D eigenvalue weighted by Crippen LogP contribution is -2.73. The Balaban J connectivity index is 1.49. The molecule has 0 saturated heterocycles. The molecule has 0 radical (unpaired) electrons. The molecule has 0 aromatic heterocycles. The number of halogens is 2. The molecule has 5 heteroatoms. The van der Waals surface area contributed by atoms with Crippen molar-refractivity contribution in [1.82, 2.24) is 5.32 Å². The summed E-state index contributed by atoms with van der Waals surface area (Å²) in [6.45, 7) is 2.13. The van der Waals surface area contributed by atoms with Crippen LogP contribution in [0.1, 0.15) is 26.2 Å². The van der Waals surface area contributed by atoms with E-state index in [1.165, 1.54) is 12.1 Å². The predicted octanol–water partition coefficient (Wildman–Crippen LogP) is 2.92. The Kier molecular flexibility index (Phi) is 2.75. The number of hydrogen-bond donors (Lipinski definition) is 1. The first-order valence-electron chi connectivity index (χ1n) is 6.29. The van der Waals surface area contributed by atoms with Gasteiger partial charge in [0.1, 0.15) is 11.6 Å². The van der Waals surface area contributed by atoms with E-state index < -0.39 is 5.82 Å². The van der Waals surface area contributed by atoms with E-state index in [0.717, 1.165) is 19.3 Å². The van der Waals surface area contributed by atoms with Gasteiger partial charge in [-0.25, -0.2) is 4.39 Å². The lowest BCUT2D eigenvalue weighted by molar-refractivity contribution is -0.157. The van der Waals surface area contributed by atoms with E-state index >= 15 is 0 Å². The van der Waals surface area contributed by atoms with Crippen molar-refractivity contribution in [3.63, 3.8) is 0 Å². The molecule has 4 rings (SSSR count). The molecule has 0 atom stereocenters. The first-order valence-corrected chi connectivity index (χ1v) is 6.67. The van der Waals surface area contributed by atoms with E-state index in [4.69, 9.17) is 16.3 Å². The molecule has 1 N–H and O–H groups in total. The molecule has 0 unspecified atom stereocenters. The van der Waals surface area contributed by atoms with Crippen LogP contribution in [0.3, 0.4) is 0 Å². The SMILES string of the molecule is CC12CC(NC(=O)COc3ccc(Cl)c(F)c3)(C1)C2. The van der Waals surface area contributed by atoms with Crippen molar-refractivity contribution in [1.29, 1.82) is 0 Å². The minimum atomic E-state index is -0.549. The minimum Gasteiger partial charge on any atom is -0.484 e. The van der Waals surface area contributed by atoms with E-state index in [0.29, 0.717) is 11.2 Å². The lowest BCUT2D eigenvalue weighted by atomic mass is 9.40. The van der Waals surface area contributed by atoms with Crippen LogP contribution in [0.2, 0.25) is 5.02 Å². The molecule has 1 amide bonds. The van der Waals surface area contributed by atoms with Crippen LogP contribution < -0.4 is 10.1 Å². The zero-order valence-electron chi connectivity index (χ0n) is 10.6. The van der Waals surface area contributed by atoms with Gasteiger partial charge in [0, 0.05) is 11.6 Å². The van der Waals surface area contributed by atoms with Gasteiger partial charge in [0.05, 0.1) is 5.02 Å². The molecule has 0 heterocycles. The summed E-state index contributed by atoms with van der Waals surface area (Å²) in [5.74, 6) is -0.398. The summed E-state index contributed by atoms with van der Waals surface area (Å²) in [7, 11) is 0. The van der Waals surface area contributed by atoms with Gasteiger partial charge in [-0.15, -0.1) is 0 Å². The highest BCUT2D eigenvalue weighted by Gasteiger charge is 2.65. The number of amides is 1. The summed E-state index contributed by atoms with van der Waals surface area (Å²) >= 11 is 5.57. The van der Waals surface area contributed by atoms with Crippen molar-refractivity contribution in [2.45, 2.75) is 31.7 Å². The Hall–Kier alpha value is -1.29. The summed E-state index contributed by atoms with van der Waals surface area (Å²) in [5, 5.41) is 3.04. The molecule has 0 aliphatic heterocycles. The van der Waals surface area contributed by atoms with E-state index in [2.05, 4.69) is 12.2 Å². The maximum Gasteiger partial charge on any atom is 0.258 e. The summed E-state index contributed by atoms with van der Waals surface area (Å²) in [4.78, 5) is 11.7. The Morgan fingerprint density at radius 1 is 1.47 bits per heavy atom. The van der Waals surface area contributed by atoms with Crippen LogP contribution in [0.25, 0.3) is 0 Å². The van der Waals surface area contributed by atoms with Crippen LogP contribution in [-0.2, 0) is 4.79 Å². The average molecular weight is 284 g/mol. The zero-order chi connectivity index (χ0) is 13.7. The Morgan fingerprint density at radius 3 is 2.74 bits per heavy atom. The monoisotopic (exact) mass is 283 g/mol. The predicted molar refractivity (Wildman–Crippen MR) is 69.7 cm³/mol. The van der Waals surface area contributed by atoms with E-state index in [9.17, 15) is 9.18 Å². The molecule has 19 heavy (non-hydrogen) atoms. The molecule has 2 bridgehead atoms. The molecule has 1 aromatic carbocycles. The molecule has 3 saturated carbocycles. The van der Waals surface area contributed by atoms with Gasteiger partial charge in [0.2, 0.25) is 0 Å². The third-order valence-electron chi connectivity index (χ3n) is 3.96. The largest absolute Gasteiger partial charge is 0.484 e. The minimum absolute atomic E-state index is 0.0143. The van der Waals surface area contributed by atoms with Gasteiger partial charge in [-0.3, -0.25) is 4.79 Å². The fourth-order valence-electron chi connectivity index (χ4n) is 3.48. The molecular formula is C14H15ClFNO2. The molecule has 3 nitrogen and oxygen atoms in total. The number of carbonyl (C=O) groups is 1. The van der Waals surface area contributed by atoms with Crippen molar-refractivity contribution in [3.8, 4) is 5.75 Å². The van der Waals surface area contributed by atoms with E-state index in [-0.39, 0.29) is 23.1 Å². The lowest BCUT2D eigenvalue weighted by Gasteiger charge is -2.69. The van der Waals surface area contributed by atoms with Crippen molar-refractivity contribution in [3.05, 3.63) is 29.0 Å². The highest BCUT2D eigenvalue weighted by Crippen LogP contribution is 2.66. The summed E-state index contributed by atoms with van der Waals surface area (Å²) in [5.41, 5.74) is 0.466. The van der Waals surface area contributed by atoms with Gasteiger partial charge in [0.15, 0.2) is 6.61 Å². The Morgan fingerprint density at radius 2 is 2.16 bits per heavy atom. The van der Waals surface area contributed by atoms with Crippen LogP contribution >= 0.6 is 11.6 Å². The van der Waals surface area contributed by atoms with E-state index in [1.54, 1.807) is 6.07 Å². The topological polar surface area (TPSA) is 38.3 Å². The summed E-state index contributed by atoms with van der Waals surface area (Å²) in [6, 6.07) is 4.13. The Bertz CT molecular complexity index is 526. The maximum absolute atomic E-state index is 13.2. The van der Waals surface area contributed by atoms with Crippen molar-refractivity contribution >= 4 is 17.5 Å². The first kappa shape index (κ1) is 12.7. The average Bonchev–Trinajstić information content (AvgIpc) is 2.27. The summed E-state index contributed by atoms with van der Waals surface area (Å²) in [6.07, 6.45) is 3.17. The number of nitrogens with one attached hydrogen (secondary N) is 1. The van der Waals surface area contributed by atoms with Gasteiger partial charge >= 0.3 is 0 Å². The Labute approximate surface area is 116 Å². The molecular weight excluding hydrogens is 269 g/mol. The fourth-order valence-corrected chi connectivity index (χ4v) is 3.59. The van der Waals surface area contributed by atoms with Gasteiger partial charge in [0.25, 0.3) is 5.91 Å². The van der Waals surface area contributed by atoms with Crippen LogP contribution in [0.4, 0.5) is 4.39 Å². The third-order valence-corrected chi connectivity index (χ3v) is 4.27. The van der Waals surface area contributed by atoms with Gasteiger partial charge in [-0.2, -0.15) is 0 Å². The van der Waals surface area contributed by atoms with E-state index in [1.807, 2.05) is 0 Å². The van der Waals surface area contributed by atoms with Crippen LogP contribution in [0.5, 0.6) is 5.75 Å². The van der Waals surface area contributed by atoms with Gasteiger partial charge in [-0.1, -0.05) is 18.5 Å². The normalized spacial score (nSPS) is 31.1. The second-order valence-electron chi connectivity index (χ2n) is 6.03. The highest BCUT2D eigenvalue weighted by molar-refractivity contribution is 6.30. The van der Waals surface area contributed by atoms with Gasteiger partial charge < -0.3 is 10.1 Å². The first-order chi connectivity index (χ1) is 8.90. The molecule has 3 fully saturated rings. The molecule has 3 aliphatic carbocycles. The quantitative estimate of drug-likeness (QED) is 0.923. The third kappa shape index (κ3) is 2.29. The number of carbonyl (C=O) groups excluding carboxylic acids is 1. The van der Waals surface area contributed by atoms with Crippen LogP contribution in [0.15, 0.2) is 18.2 Å². The standard InChI is InChI=1S/C14H15ClFNO2/c1-13-6-14(7-13,8-13)17-12(18)5-19-9-2-3-10(15)11(16)4-9/h2-4H,5-8H2,1H3,(H,17,18).